The normalized spacial score (nSPS) is 25.6. The molecule has 1 rings (SSSR count). The second-order valence-corrected chi connectivity index (χ2v) is 5.10. The zero-order valence-corrected chi connectivity index (χ0v) is 11.1. The van der Waals surface area contributed by atoms with Crippen molar-refractivity contribution in [3.05, 3.63) is 0 Å². The van der Waals surface area contributed by atoms with Gasteiger partial charge in [0.15, 0.2) is 0 Å². The van der Waals surface area contributed by atoms with E-state index >= 15 is 0 Å². The molecule has 0 heterocycles. The Labute approximate surface area is 98.9 Å². The van der Waals surface area contributed by atoms with Gasteiger partial charge in [-0.15, -0.1) is 0 Å². The summed E-state index contributed by atoms with van der Waals surface area (Å²) in [5.41, 5.74) is 0. The summed E-state index contributed by atoms with van der Waals surface area (Å²) in [6, 6.07) is 0. The van der Waals surface area contributed by atoms with E-state index in [1.54, 1.807) is 0 Å². The second kappa shape index (κ2) is 9.24. The van der Waals surface area contributed by atoms with Gasteiger partial charge in [-0.1, -0.05) is 61.8 Å². The Morgan fingerprint density at radius 2 is 1.00 bits per heavy atom. The first-order valence-corrected chi connectivity index (χ1v) is 6.63. The molecule has 94 valence electrons. The Bertz CT molecular complexity index is 108. The summed E-state index contributed by atoms with van der Waals surface area (Å²) in [6.07, 6.45) is 5.93. The van der Waals surface area contributed by atoms with Gasteiger partial charge in [0.2, 0.25) is 0 Å². The molecule has 0 spiro atoms. The van der Waals surface area contributed by atoms with Gasteiger partial charge in [0.1, 0.15) is 0 Å². The highest BCUT2D eigenvalue weighted by molar-refractivity contribution is 4.79. The summed E-state index contributed by atoms with van der Waals surface area (Å²) >= 11 is 0. The molecule has 1 saturated carbocycles. The Hall–Kier alpha value is 0. The Morgan fingerprint density at radius 1 is 0.733 bits per heavy atom. The van der Waals surface area contributed by atoms with Crippen LogP contribution in [0.25, 0.3) is 0 Å². The molecule has 1 fully saturated rings. The molecule has 0 amide bonds. The van der Waals surface area contributed by atoms with Crippen LogP contribution in [0.1, 0.15) is 74.7 Å². The number of rotatable bonds is 2. The summed E-state index contributed by atoms with van der Waals surface area (Å²) in [5, 5.41) is 0. The van der Waals surface area contributed by atoms with Gasteiger partial charge in [0.25, 0.3) is 0 Å². The van der Waals surface area contributed by atoms with Crippen LogP contribution in [0.3, 0.4) is 0 Å². The topological polar surface area (TPSA) is 0 Å². The van der Waals surface area contributed by atoms with Crippen LogP contribution < -0.4 is 0 Å². The molecule has 0 aromatic heterocycles. The van der Waals surface area contributed by atoms with Crippen LogP contribution in [-0.4, -0.2) is 0 Å². The first-order chi connectivity index (χ1) is 6.63. The molecule has 0 saturated heterocycles. The van der Waals surface area contributed by atoms with E-state index in [2.05, 4.69) is 27.7 Å². The fourth-order valence-corrected chi connectivity index (χ4v) is 2.84. The smallest absolute Gasteiger partial charge is 0.0360 e. The molecule has 2 atom stereocenters. The maximum atomic E-state index is 2.39. The van der Waals surface area contributed by atoms with Gasteiger partial charge in [-0.25, -0.2) is 0 Å². The highest BCUT2D eigenvalue weighted by Crippen LogP contribution is 2.38. The SMILES string of the molecule is C.CC.CC(C)C1CCCCC1C(C)C. The van der Waals surface area contributed by atoms with Crippen molar-refractivity contribution in [3.8, 4) is 0 Å². The monoisotopic (exact) mass is 214 g/mol. The van der Waals surface area contributed by atoms with Crippen molar-refractivity contribution in [2.24, 2.45) is 23.7 Å². The van der Waals surface area contributed by atoms with Gasteiger partial charge in [-0.2, -0.15) is 0 Å². The summed E-state index contributed by atoms with van der Waals surface area (Å²) in [6.45, 7) is 13.6. The van der Waals surface area contributed by atoms with Crippen molar-refractivity contribution in [2.45, 2.75) is 74.7 Å². The van der Waals surface area contributed by atoms with Crippen LogP contribution in [0.4, 0.5) is 0 Å². The summed E-state index contributed by atoms with van der Waals surface area (Å²) in [4.78, 5) is 0. The molecule has 1 aliphatic carbocycles. The highest BCUT2D eigenvalue weighted by Gasteiger charge is 2.29. The molecular weight excluding hydrogens is 180 g/mol. The molecule has 0 radical (unpaired) electrons. The minimum atomic E-state index is 0. The van der Waals surface area contributed by atoms with E-state index in [1.165, 1.54) is 25.7 Å². The van der Waals surface area contributed by atoms with Gasteiger partial charge < -0.3 is 0 Å². The van der Waals surface area contributed by atoms with Gasteiger partial charge >= 0.3 is 0 Å². The lowest BCUT2D eigenvalue weighted by molar-refractivity contribution is 0.136. The van der Waals surface area contributed by atoms with Crippen LogP contribution in [0.5, 0.6) is 0 Å². The fourth-order valence-electron chi connectivity index (χ4n) is 2.84. The molecule has 0 aromatic carbocycles. The maximum absolute atomic E-state index is 2.39. The summed E-state index contributed by atoms with van der Waals surface area (Å²) < 4.78 is 0. The van der Waals surface area contributed by atoms with Gasteiger partial charge in [-0.3, -0.25) is 0 Å². The minimum Gasteiger partial charge on any atom is -0.0776 e. The molecular formula is C15H34. The number of hydrogen-bond donors (Lipinski definition) is 0. The molecule has 15 heavy (non-hydrogen) atoms. The van der Waals surface area contributed by atoms with Crippen molar-refractivity contribution >= 4 is 0 Å². The van der Waals surface area contributed by atoms with Crippen molar-refractivity contribution in [1.29, 1.82) is 0 Å². The van der Waals surface area contributed by atoms with E-state index in [1.807, 2.05) is 13.8 Å². The molecule has 0 aromatic rings. The lowest BCUT2D eigenvalue weighted by atomic mass is 9.69. The lowest BCUT2D eigenvalue weighted by Crippen LogP contribution is -2.27. The standard InChI is InChI=1S/C12H24.C2H6.CH4/c1-9(2)11-7-5-6-8-12(11)10(3)4;1-2;/h9-12H,5-8H2,1-4H3;1-2H3;1H4. The Balaban J connectivity index is 0. The van der Waals surface area contributed by atoms with Gasteiger partial charge in [0, 0.05) is 0 Å². The lowest BCUT2D eigenvalue weighted by Gasteiger charge is -2.37. The Kier molecular flexibility index (Phi) is 10.7. The second-order valence-electron chi connectivity index (χ2n) is 5.10. The van der Waals surface area contributed by atoms with Crippen LogP contribution in [0.15, 0.2) is 0 Å². The van der Waals surface area contributed by atoms with Gasteiger partial charge in [-0.05, 0) is 36.5 Å². The molecule has 0 heteroatoms. The van der Waals surface area contributed by atoms with Crippen LogP contribution in [-0.2, 0) is 0 Å². The molecule has 1 aliphatic rings. The van der Waals surface area contributed by atoms with Crippen LogP contribution in [0.2, 0.25) is 0 Å². The fraction of sp³-hybridized carbons (Fsp3) is 1.00. The van der Waals surface area contributed by atoms with Crippen molar-refractivity contribution in [1.82, 2.24) is 0 Å². The predicted octanol–water partition coefficient (Wildman–Crippen LogP) is 5.77. The molecule has 0 N–H and O–H groups in total. The molecule has 0 nitrogen and oxygen atoms in total. The third-order valence-corrected chi connectivity index (χ3v) is 3.59. The van der Waals surface area contributed by atoms with Crippen molar-refractivity contribution < 1.29 is 0 Å². The van der Waals surface area contributed by atoms with E-state index in [-0.39, 0.29) is 7.43 Å². The van der Waals surface area contributed by atoms with E-state index in [0.717, 1.165) is 23.7 Å². The Morgan fingerprint density at radius 3 is 1.20 bits per heavy atom. The van der Waals surface area contributed by atoms with Crippen LogP contribution >= 0.6 is 0 Å². The van der Waals surface area contributed by atoms with Crippen LogP contribution in [0, 0.1) is 23.7 Å². The van der Waals surface area contributed by atoms with E-state index in [0.29, 0.717) is 0 Å². The van der Waals surface area contributed by atoms with E-state index in [4.69, 9.17) is 0 Å². The zero-order valence-electron chi connectivity index (χ0n) is 11.1. The average Bonchev–Trinajstić information content (AvgIpc) is 2.20. The maximum Gasteiger partial charge on any atom is -0.0360 e. The summed E-state index contributed by atoms with van der Waals surface area (Å²) in [7, 11) is 0. The molecule has 0 aliphatic heterocycles. The average molecular weight is 214 g/mol. The third-order valence-electron chi connectivity index (χ3n) is 3.59. The number of hydrogen-bond acceptors (Lipinski definition) is 0. The van der Waals surface area contributed by atoms with Crippen molar-refractivity contribution in [2.75, 3.05) is 0 Å². The molecule has 0 bridgehead atoms. The van der Waals surface area contributed by atoms with Gasteiger partial charge in [0.05, 0.1) is 0 Å². The zero-order chi connectivity index (χ0) is 11.1. The summed E-state index contributed by atoms with van der Waals surface area (Å²) in [5.74, 6) is 3.83. The highest BCUT2D eigenvalue weighted by atomic mass is 14.3. The first kappa shape index (κ1) is 17.4. The van der Waals surface area contributed by atoms with E-state index < -0.39 is 0 Å². The minimum absolute atomic E-state index is 0. The van der Waals surface area contributed by atoms with Crippen molar-refractivity contribution in [3.63, 3.8) is 0 Å². The van der Waals surface area contributed by atoms with E-state index in [9.17, 15) is 0 Å². The molecule has 2 unspecified atom stereocenters. The quantitative estimate of drug-likeness (QED) is 0.547. The first-order valence-electron chi connectivity index (χ1n) is 6.63. The predicted molar refractivity (Wildman–Crippen MR) is 73.2 cm³/mol. The third kappa shape index (κ3) is 5.58. The largest absolute Gasteiger partial charge is 0.0776 e.